The van der Waals surface area contributed by atoms with Gasteiger partial charge in [0.05, 0.1) is 16.9 Å². The van der Waals surface area contributed by atoms with Gasteiger partial charge in [0, 0.05) is 19.2 Å². The summed E-state index contributed by atoms with van der Waals surface area (Å²) in [5.74, 6) is 1.05. The Labute approximate surface area is 170 Å². The highest BCUT2D eigenvalue weighted by Gasteiger charge is 2.26. The lowest BCUT2D eigenvalue weighted by Crippen LogP contribution is -2.30. The molecule has 0 radical (unpaired) electrons. The Hall–Kier alpha value is -2.85. The van der Waals surface area contributed by atoms with Gasteiger partial charge in [-0.3, -0.25) is 10.1 Å². The molecule has 0 unspecified atom stereocenters. The number of rotatable bonds is 11. The third-order valence-electron chi connectivity index (χ3n) is 4.14. The molecule has 0 aliphatic carbocycles. The molecule has 158 valence electrons. The molecule has 9 nitrogen and oxygen atoms in total. The normalized spacial score (nSPS) is 11.3. The summed E-state index contributed by atoms with van der Waals surface area (Å²) in [5, 5.41) is 11.4. The standard InChI is InChI=1S/C19H24N2O7S/c1-4-20(5-2)29(24,25)15-10-11-17(16(14-15)21(22)23)27-12-13-28-19-9-7-6-8-18(19)26-3/h6-11,14H,4-5,12-13H2,1-3H3. The molecule has 0 saturated carbocycles. The van der Waals surface area contributed by atoms with Crippen LogP contribution >= 0.6 is 0 Å². The average molecular weight is 424 g/mol. The van der Waals surface area contributed by atoms with Crippen molar-refractivity contribution in [2.75, 3.05) is 33.4 Å². The summed E-state index contributed by atoms with van der Waals surface area (Å²) in [6, 6.07) is 10.7. The summed E-state index contributed by atoms with van der Waals surface area (Å²) in [7, 11) is -2.28. The van der Waals surface area contributed by atoms with E-state index in [0.717, 1.165) is 6.07 Å². The first-order valence-electron chi connectivity index (χ1n) is 9.02. The predicted molar refractivity (Wildman–Crippen MR) is 107 cm³/mol. The molecular formula is C19H24N2O7S. The molecular weight excluding hydrogens is 400 g/mol. The number of hydrogen-bond donors (Lipinski definition) is 0. The third kappa shape index (κ3) is 5.36. The molecule has 0 aliphatic rings. The van der Waals surface area contributed by atoms with E-state index >= 15 is 0 Å². The van der Waals surface area contributed by atoms with E-state index in [0.29, 0.717) is 11.5 Å². The predicted octanol–water partition coefficient (Wildman–Crippen LogP) is 3.09. The van der Waals surface area contributed by atoms with E-state index < -0.39 is 20.6 Å². The molecule has 0 aliphatic heterocycles. The van der Waals surface area contributed by atoms with Crippen LogP contribution in [-0.4, -0.2) is 51.1 Å². The Morgan fingerprint density at radius 2 is 1.55 bits per heavy atom. The van der Waals surface area contributed by atoms with Gasteiger partial charge < -0.3 is 14.2 Å². The molecule has 10 heteroatoms. The maximum atomic E-state index is 12.6. The fourth-order valence-electron chi connectivity index (χ4n) is 2.68. The van der Waals surface area contributed by atoms with E-state index in [4.69, 9.17) is 14.2 Å². The molecule has 29 heavy (non-hydrogen) atoms. The van der Waals surface area contributed by atoms with E-state index in [1.807, 2.05) is 0 Å². The third-order valence-corrected chi connectivity index (χ3v) is 6.18. The van der Waals surface area contributed by atoms with Crippen LogP contribution in [-0.2, 0) is 10.0 Å². The van der Waals surface area contributed by atoms with E-state index in [1.54, 1.807) is 38.1 Å². The first-order valence-corrected chi connectivity index (χ1v) is 10.5. The monoisotopic (exact) mass is 424 g/mol. The van der Waals surface area contributed by atoms with E-state index in [-0.39, 0.29) is 36.9 Å². The van der Waals surface area contributed by atoms with Gasteiger partial charge in [0.1, 0.15) is 13.2 Å². The second-order valence-corrected chi connectivity index (χ2v) is 7.76. The van der Waals surface area contributed by atoms with Crippen molar-refractivity contribution in [3.63, 3.8) is 0 Å². The molecule has 0 N–H and O–H groups in total. The molecule has 2 rings (SSSR count). The van der Waals surface area contributed by atoms with Gasteiger partial charge in [-0.25, -0.2) is 8.42 Å². The van der Waals surface area contributed by atoms with Crippen molar-refractivity contribution in [1.82, 2.24) is 4.31 Å². The Kier molecular flexibility index (Phi) is 7.80. The number of benzene rings is 2. The highest BCUT2D eigenvalue weighted by Crippen LogP contribution is 2.31. The lowest BCUT2D eigenvalue weighted by Gasteiger charge is -2.18. The fraction of sp³-hybridized carbons (Fsp3) is 0.368. The van der Waals surface area contributed by atoms with Crippen LogP contribution in [0.3, 0.4) is 0 Å². The number of nitrogens with zero attached hydrogens (tertiary/aromatic N) is 2. The Morgan fingerprint density at radius 3 is 2.10 bits per heavy atom. The van der Waals surface area contributed by atoms with Crippen LogP contribution in [0.15, 0.2) is 47.4 Å². The molecule has 0 amide bonds. The quantitative estimate of drug-likeness (QED) is 0.310. The number of hydrogen-bond acceptors (Lipinski definition) is 7. The highest BCUT2D eigenvalue weighted by atomic mass is 32.2. The van der Waals surface area contributed by atoms with Gasteiger partial charge in [-0.2, -0.15) is 4.31 Å². The van der Waals surface area contributed by atoms with Crippen LogP contribution < -0.4 is 14.2 Å². The van der Waals surface area contributed by atoms with Crippen molar-refractivity contribution in [2.24, 2.45) is 0 Å². The van der Waals surface area contributed by atoms with Crippen LogP contribution in [0.25, 0.3) is 0 Å². The molecule has 0 fully saturated rings. The first kappa shape index (κ1) is 22.4. The molecule has 0 bridgehead atoms. The summed E-state index contributed by atoms with van der Waals surface area (Å²) in [6.07, 6.45) is 0. The molecule has 0 saturated heterocycles. The van der Waals surface area contributed by atoms with E-state index in [9.17, 15) is 18.5 Å². The number of ether oxygens (including phenoxy) is 3. The summed E-state index contributed by atoms with van der Waals surface area (Å²) >= 11 is 0. The van der Waals surface area contributed by atoms with E-state index in [1.165, 1.54) is 23.5 Å². The van der Waals surface area contributed by atoms with Gasteiger partial charge in [0.25, 0.3) is 0 Å². The lowest BCUT2D eigenvalue weighted by atomic mass is 10.3. The minimum atomic E-state index is -3.81. The molecule has 0 aromatic heterocycles. The van der Waals surface area contributed by atoms with Crippen molar-refractivity contribution in [2.45, 2.75) is 18.7 Å². The Morgan fingerprint density at radius 1 is 0.966 bits per heavy atom. The highest BCUT2D eigenvalue weighted by molar-refractivity contribution is 7.89. The second kappa shape index (κ2) is 10.1. The number of nitro groups is 1. The molecule has 2 aromatic carbocycles. The van der Waals surface area contributed by atoms with Gasteiger partial charge >= 0.3 is 5.69 Å². The summed E-state index contributed by atoms with van der Waals surface area (Å²) in [4.78, 5) is 10.6. The number of para-hydroxylation sites is 2. The Balaban J connectivity index is 2.12. The Bertz CT molecular complexity index is 943. The molecule has 2 aromatic rings. The first-order chi connectivity index (χ1) is 13.8. The summed E-state index contributed by atoms with van der Waals surface area (Å²) in [5.41, 5.74) is -0.421. The summed E-state index contributed by atoms with van der Waals surface area (Å²) in [6.45, 7) is 4.09. The zero-order chi connectivity index (χ0) is 21.4. The molecule has 0 heterocycles. The summed E-state index contributed by atoms with van der Waals surface area (Å²) < 4.78 is 42.6. The van der Waals surface area contributed by atoms with Crippen LogP contribution in [0, 0.1) is 10.1 Å². The lowest BCUT2D eigenvalue weighted by molar-refractivity contribution is -0.386. The van der Waals surface area contributed by atoms with Gasteiger partial charge in [-0.05, 0) is 24.3 Å². The van der Waals surface area contributed by atoms with Crippen molar-refractivity contribution >= 4 is 15.7 Å². The van der Waals surface area contributed by atoms with Crippen molar-refractivity contribution in [3.05, 3.63) is 52.6 Å². The SMILES string of the molecule is CCN(CC)S(=O)(=O)c1ccc(OCCOc2ccccc2OC)c([N+](=O)[O-])c1. The smallest absolute Gasteiger partial charge is 0.312 e. The van der Waals surface area contributed by atoms with Crippen LogP contribution in [0.1, 0.15) is 13.8 Å². The van der Waals surface area contributed by atoms with Gasteiger partial charge in [0.15, 0.2) is 17.2 Å². The zero-order valence-electron chi connectivity index (χ0n) is 16.5. The van der Waals surface area contributed by atoms with Crippen LogP contribution in [0.4, 0.5) is 5.69 Å². The van der Waals surface area contributed by atoms with E-state index in [2.05, 4.69) is 0 Å². The maximum Gasteiger partial charge on any atom is 0.312 e. The maximum absolute atomic E-state index is 12.6. The van der Waals surface area contributed by atoms with Crippen LogP contribution in [0.5, 0.6) is 17.2 Å². The minimum Gasteiger partial charge on any atom is -0.493 e. The topological polar surface area (TPSA) is 108 Å². The second-order valence-electron chi connectivity index (χ2n) is 5.82. The largest absolute Gasteiger partial charge is 0.493 e. The van der Waals surface area contributed by atoms with Crippen LogP contribution in [0.2, 0.25) is 0 Å². The van der Waals surface area contributed by atoms with Gasteiger partial charge in [-0.15, -0.1) is 0 Å². The fourth-order valence-corrected chi connectivity index (χ4v) is 4.15. The number of nitro benzene ring substituents is 1. The van der Waals surface area contributed by atoms with Crippen molar-refractivity contribution in [1.29, 1.82) is 0 Å². The van der Waals surface area contributed by atoms with Gasteiger partial charge in [0.2, 0.25) is 10.0 Å². The zero-order valence-corrected chi connectivity index (χ0v) is 17.3. The number of sulfonamides is 1. The van der Waals surface area contributed by atoms with Crippen molar-refractivity contribution < 1.29 is 27.6 Å². The van der Waals surface area contributed by atoms with Gasteiger partial charge in [-0.1, -0.05) is 26.0 Å². The molecule has 0 spiro atoms. The minimum absolute atomic E-state index is 0.0288. The number of methoxy groups -OCH3 is 1. The average Bonchev–Trinajstić information content (AvgIpc) is 2.72. The molecule has 0 atom stereocenters. The van der Waals surface area contributed by atoms with Crippen molar-refractivity contribution in [3.8, 4) is 17.2 Å².